The molecule has 0 amide bonds. The fourth-order valence-corrected chi connectivity index (χ4v) is 6.90. The van der Waals surface area contributed by atoms with Gasteiger partial charge in [-0.1, -0.05) is 72.8 Å². The fraction of sp³-hybridized carbons (Fsp3) is 0.0556. The Labute approximate surface area is 209 Å². The third-order valence-electron chi connectivity index (χ3n) is 8.64. The Bertz CT molecular complexity index is 1940. The molecule has 0 bridgehead atoms. The van der Waals surface area contributed by atoms with Gasteiger partial charge >= 0.3 is 0 Å². The summed E-state index contributed by atoms with van der Waals surface area (Å²) in [5.74, 6) is 0. The van der Waals surface area contributed by atoms with Crippen molar-refractivity contribution in [2.75, 3.05) is 0 Å². The maximum atomic E-state index is 2.50. The van der Waals surface area contributed by atoms with E-state index in [0.29, 0.717) is 0 Å². The van der Waals surface area contributed by atoms with Crippen molar-refractivity contribution in [1.29, 1.82) is 0 Å². The second-order valence-electron chi connectivity index (χ2n) is 10.5. The molecule has 0 saturated heterocycles. The summed E-state index contributed by atoms with van der Waals surface area (Å²) in [6, 6.07) is 41.2. The number of fused-ring (bicyclic) bond motifs is 12. The zero-order valence-corrected chi connectivity index (χ0v) is 19.8. The first-order valence-corrected chi connectivity index (χ1v) is 12.9. The van der Waals surface area contributed by atoms with E-state index in [1.807, 2.05) is 0 Å². The van der Waals surface area contributed by atoms with Gasteiger partial charge < -0.3 is 0 Å². The Hall–Kier alpha value is -4.42. The minimum absolute atomic E-state index is 1.02. The Kier molecular flexibility index (Phi) is 3.47. The largest absolute Gasteiger partial charge is 0.0616 e. The number of hydrogen-bond acceptors (Lipinski definition) is 0. The van der Waals surface area contributed by atoms with Crippen molar-refractivity contribution in [2.45, 2.75) is 12.8 Å². The van der Waals surface area contributed by atoms with Crippen molar-refractivity contribution in [3.05, 3.63) is 131 Å². The van der Waals surface area contributed by atoms with Crippen molar-refractivity contribution >= 4 is 43.1 Å². The van der Waals surface area contributed by atoms with Crippen LogP contribution in [-0.2, 0) is 12.8 Å². The first-order valence-electron chi connectivity index (χ1n) is 12.9. The molecule has 7 aromatic carbocycles. The average molecular weight is 455 g/mol. The van der Waals surface area contributed by atoms with Crippen LogP contribution in [0.2, 0.25) is 0 Å². The van der Waals surface area contributed by atoms with Gasteiger partial charge in [0.2, 0.25) is 0 Å². The standard InChI is InChI=1S/C36H22/c1-3-7-23-15-31-25(13-21(23)5-1)9-11-29-33-18-28-20-36-30(34(28)17-27(33)19-35(29)31)12-10-26-14-22-6-2-4-8-24(22)16-32(26)36/h1-18H,19-20H2. The summed E-state index contributed by atoms with van der Waals surface area (Å²) in [6.07, 6.45) is 2.03. The summed E-state index contributed by atoms with van der Waals surface area (Å²) in [5, 5.41) is 10.8. The highest BCUT2D eigenvalue weighted by atomic mass is 14.3. The van der Waals surface area contributed by atoms with E-state index in [1.165, 1.54) is 87.6 Å². The topological polar surface area (TPSA) is 0 Å². The zero-order valence-electron chi connectivity index (χ0n) is 19.8. The van der Waals surface area contributed by atoms with Crippen LogP contribution in [0.1, 0.15) is 22.3 Å². The summed E-state index contributed by atoms with van der Waals surface area (Å²) in [4.78, 5) is 0. The molecule has 36 heavy (non-hydrogen) atoms. The number of rotatable bonds is 0. The molecule has 0 heterocycles. The molecule has 9 rings (SSSR count). The van der Waals surface area contributed by atoms with Gasteiger partial charge in [-0.25, -0.2) is 0 Å². The van der Waals surface area contributed by atoms with Gasteiger partial charge in [0, 0.05) is 0 Å². The second kappa shape index (κ2) is 6.62. The van der Waals surface area contributed by atoms with Gasteiger partial charge in [-0.2, -0.15) is 0 Å². The highest BCUT2D eigenvalue weighted by molar-refractivity contribution is 6.05. The molecule has 0 aromatic heterocycles. The molecular formula is C36H22. The molecule has 0 spiro atoms. The predicted molar refractivity (Wildman–Crippen MR) is 153 cm³/mol. The number of benzene rings is 7. The summed E-state index contributed by atoms with van der Waals surface area (Å²) >= 11 is 0. The second-order valence-corrected chi connectivity index (χ2v) is 10.5. The van der Waals surface area contributed by atoms with E-state index >= 15 is 0 Å². The van der Waals surface area contributed by atoms with Crippen LogP contribution >= 0.6 is 0 Å². The molecule has 7 aromatic rings. The Morgan fingerprint density at radius 1 is 0.333 bits per heavy atom. The normalized spacial score (nSPS) is 13.3. The highest BCUT2D eigenvalue weighted by Crippen LogP contribution is 2.48. The number of hydrogen-bond donors (Lipinski definition) is 0. The van der Waals surface area contributed by atoms with Crippen molar-refractivity contribution in [1.82, 2.24) is 0 Å². The third kappa shape index (κ3) is 2.44. The maximum Gasteiger partial charge on any atom is -0.000706 e. The zero-order chi connectivity index (χ0) is 23.4. The summed E-state index contributed by atoms with van der Waals surface area (Å²) < 4.78 is 0. The molecule has 0 nitrogen and oxygen atoms in total. The lowest BCUT2D eigenvalue weighted by molar-refractivity contribution is 1.26. The first-order chi connectivity index (χ1) is 17.8. The lowest BCUT2D eigenvalue weighted by Gasteiger charge is -2.08. The minimum Gasteiger partial charge on any atom is -0.0616 e. The van der Waals surface area contributed by atoms with Crippen LogP contribution in [0.4, 0.5) is 0 Å². The van der Waals surface area contributed by atoms with Crippen LogP contribution in [0.3, 0.4) is 0 Å². The Morgan fingerprint density at radius 2 is 0.750 bits per heavy atom. The molecule has 166 valence electrons. The van der Waals surface area contributed by atoms with Gasteiger partial charge in [0.1, 0.15) is 0 Å². The van der Waals surface area contributed by atoms with E-state index in [0.717, 1.165) is 12.8 Å². The molecule has 0 unspecified atom stereocenters. The van der Waals surface area contributed by atoms with Gasteiger partial charge in [0.05, 0.1) is 0 Å². The van der Waals surface area contributed by atoms with E-state index < -0.39 is 0 Å². The van der Waals surface area contributed by atoms with Gasteiger partial charge in [-0.3, -0.25) is 0 Å². The predicted octanol–water partition coefficient (Wildman–Crippen LogP) is 9.44. The molecule has 0 radical (unpaired) electrons. The van der Waals surface area contributed by atoms with Gasteiger partial charge in [-0.05, 0) is 137 Å². The molecule has 0 saturated carbocycles. The van der Waals surface area contributed by atoms with Crippen molar-refractivity contribution in [3.8, 4) is 22.3 Å². The Balaban J connectivity index is 1.22. The van der Waals surface area contributed by atoms with Crippen LogP contribution in [0, 0.1) is 0 Å². The molecule has 2 aliphatic carbocycles. The summed E-state index contributed by atoms with van der Waals surface area (Å²) in [5.41, 5.74) is 11.6. The van der Waals surface area contributed by atoms with E-state index in [4.69, 9.17) is 0 Å². The van der Waals surface area contributed by atoms with Gasteiger partial charge in [0.25, 0.3) is 0 Å². The molecule has 2 aliphatic rings. The highest BCUT2D eigenvalue weighted by Gasteiger charge is 2.27. The van der Waals surface area contributed by atoms with Gasteiger partial charge in [-0.15, -0.1) is 0 Å². The SMILES string of the molecule is c1ccc2cc3c4c(ccc3cc2c1)-c1cc2c(cc1C4)-c1ccc3cc4ccccc4cc3c1C2. The molecule has 0 heteroatoms. The van der Waals surface area contributed by atoms with Crippen molar-refractivity contribution in [2.24, 2.45) is 0 Å². The van der Waals surface area contributed by atoms with Crippen molar-refractivity contribution in [3.63, 3.8) is 0 Å². The molecule has 0 fully saturated rings. The Morgan fingerprint density at radius 3 is 1.19 bits per heavy atom. The van der Waals surface area contributed by atoms with E-state index in [2.05, 4.69) is 109 Å². The molecular weight excluding hydrogens is 432 g/mol. The van der Waals surface area contributed by atoms with E-state index in [-0.39, 0.29) is 0 Å². The van der Waals surface area contributed by atoms with E-state index in [9.17, 15) is 0 Å². The summed E-state index contributed by atoms with van der Waals surface area (Å²) in [6.45, 7) is 0. The maximum absolute atomic E-state index is 2.50. The monoisotopic (exact) mass is 454 g/mol. The quantitative estimate of drug-likeness (QED) is 0.200. The average Bonchev–Trinajstić information content (AvgIpc) is 3.47. The summed E-state index contributed by atoms with van der Waals surface area (Å²) in [7, 11) is 0. The lowest BCUT2D eigenvalue weighted by Crippen LogP contribution is -1.86. The third-order valence-corrected chi connectivity index (χ3v) is 8.64. The van der Waals surface area contributed by atoms with Crippen LogP contribution in [0.5, 0.6) is 0 Å². The lowest BCUT2D eigenvalue weighted by atomic mass is 9.95. The van der Waals surface area contributed by atoms with Gasteiger partial charge in [0.15, 0.2) is 0 Å². The van der Waals surface area contributed by atoms with Crippen molar-refractivity contribution < 1.29 is 0 Å². The minimum atomic E-state index is 1.02. The molecule has 0 aliphatic heterocycles. The molecule has 0 N–H and O–H groups in total. The van der Waals surface area contributed by atoms with E-state index in [1.54, 1.807) is 0 Å². The van der Waals surface area contributed by atoms with Crippen LogP contribution in [-0.4, -0.2) is 0 Å². The smallest absolute Gasteiger partial charge is 0.000706 e. The molecule has 0 atom stereocenters. The van der Waals surface area contributed by atoms with Crippen LogP contribution in [0.15, 0.2) is 109 Å². The first kappa shape index (κ1) is 18.9. The van der Waals surface area contributed by atoms with Crippen LogP contribution < -0.4 is 0 Å². The van der Waals surface area contributed by atoms with Crippen LogP contribution in [0.25, 0.3) is 65.3 Å². The fourth-order valence-electron chi connectivity index (χ4n) is 6.90.